The Morgan fingerprint density at radius 3 is 2.91 bits per heavy atom. The molecule has 0 aromatic carbocycles. The first-order valence-corrected chi connectivity index (χ1v) is 9.78. The first kappa shape index (κ1) is 15.6. The number of hydrogen-bond donors (Lipinski definition) is 1. The summed E-state index contributed by atoms with van der Waals surface area (Å²) in [5.74, 6) is 1.16. The molecule has 4 rings (SSSR count). The molecule has 126 valence electrons. The Hall–Kier alpha value is -0.910. The largest absolute Gasteiger partial charge is 0.381 e. The summed E-state index contributed by atoms with van der Waals surface area (Å²) in [7, 11) is 0. The van der Waals surface area contributed by atoms with E-state index in [-0.39, 0.29) is 17.2 Å². The fraction of sp³-hybridized carbons (Fsp3) is 0.722. The van der Waals surface area contributed by atoms with Crippen molar-refractivity contribution in [2.45, 2.75) is 32.2 Å². The van der Waals surface area contributed by atoms with Crippen LogP contribution < -0.4 is 5.32 Å². The van der Waals surface area contributed by atoms with Crippen LogP contribution in [0.25, 0.3) is 0 Å². The molecule has 2 saturated heterocycles. The average Bonchev–Trinajstić information content (AvgIpc) is 3.14. The molecule has 3 fully saturated rings. The minimum atomic E-state index is 0.127. The molecule has 3 heterocycles. The van der Waals surface area contributed by atoms with E-state index in [9.17, 15) is 4.79 Å². The number of amides is 1. The van der Waals surface area contributed by atoms with Crippen LogP contribution >= 0.6 is 11.3 Å². The number of likely N-dealkylation sites (tertiary alicyclic amines) is 1. The van der Waals surface area contributed by atoms with Crippen LogP contribution in [0.15, 0.2) is 16.8 Å². The molecule has 4 nitrogen and oxygen atoms in total. The number of nitrogens with zero attached hydrogens (tertiary/aromatic N) is 1. The van der Waals surface area contributed by atoms with Crippen LogP contribution in [0, 0.1) is 17.3 Å². The van der Waals surface area contributed by atoms with E-state index in [2.05, 4.69) is 27.0 Å². The molecule has 0 unspecified atom stereocenters. The van der Waals surface area contributed by atoms with Gasteiger partial charge in [0.15, 0.2) is 0 Å². The second-order valence-corrected chi connectivity index (χ2v) is 8.30. The lowest BCUT2D eigenvalue weighted by atomic mass is 9.71. The van der Waals surface area contributed by atoms with Crippen molar-refractivity contribution in [3.8, 4) is 0 Å². The number of hydrogen-bond acceptors (Lipinski definition) is 4. The summed E-state index contributed by atoms with van der Waals surface area (Å²) in [4.78, 5) is 15.3. The van der Waals surface area contributed by atoms with Gasteiger partial charge in [-0.2, -0.15) is 11.3 Å². The first-order valence-electron chi connectivity index (χ1n) is 8.84. The summed E-state index contributed by atoms with van der Waals surface area (Å²) in [5.41, 5.74) is 1.50. The van der Waals surface area contributed by atoms with Crippen LogP contribution in [0.2, 0.25) is 0 Å². The molecule has 0 radical (unpaired) electrons. The second kappa shape index (κ2) is 6.54. The van der Waals surface area contributed by atoms with E-state index in [1.54, 1.807) is 11.3 Å². The van der Waals surface area contributed by atoms with Crippen molar-refractivity contribution in [2.24, 2.45) is 17.3 Å². The predicted molar refractivity (Wildman–Crippen MR) is 91.3 cm³/mol. The zero-order chi connectivity index (χ0) is 15.7. The van der Waals surface area contributed by atoms with E-state index >= 15 is 0 Å². The van der Waals surface area contributed by atoms with E-state index in [0.29, 0.717) is 0 Å². The number of ether oxygens (including phenoxy) is 1. The lowest BCUT2D eigenvalue weighted by Crippen LogP contribution is -2.44. The molecule has 1 aromatic rings. The Morgan fingerprint density at radius 2 is 2.22 bits per heavy atom. The minimum absolute atomic E-state index is 0.127. The summed E-state index contributed by atoms with van der Waals surface area (Å²) >= 11 is 1.75. The lowest BCUT2D eigenvalue weighted by molar-refractivity contribution is -0.129. The maximum atomic E-state index is 12.8. The van der Waals surface area contributed by atoms with E-state index in [0.717, 1.165) is 58.2 Å². The van der Waals surface area contributed by atoms with E-state index in [4.69, 9.17) is 4.74 Å². The molecule has 0 bridgehead atoms. The van der Waals surface area contributed by atoms with Gasteiger partial charge in [-0.15, -0.1) is 0 Å². The standard InChI is InChI=1S/C18H26N2O2S/c21-17(19-9-14-1-2-14)16-11-20(10-15-3-8-23-12-15)13-18(16)4-6-22-7-5-18/h3,8,12,14,16H,1-2,4-7,9-11,13H2,(H,19,21)/t16-/m0/s1. The number of carbonyl (C=O) groups excluding carboxylic acids is 1. The van der Waals surface area contributed by atoms with Crippen LogP contribution in [0.4, 0.5) is 0 Å². The average molecular weight is 334 g/mol. The topological polar surface area (TPSA) is 41.6 Å². The monoisotopic (exact) mass is 334 g/mol. The fourth-order valence-electron chi connectivity index (χ4n) is 4.17. The molecule has 1 N–H and O–H groups in total. The quantitative estimate of drug-likeness (QED) is 0.899. The highest BCUT2D eigenvalue weighted by molar-refractivity contribution is 7.07. The third kappa shape index (κ3) is 3.47. The second-order valence-electron chi connectivity index (χ2n) is 7.52. The molecule has 5 heteroatoms. The summed E-state index contributed by atoms with van der Waals surface area (Å²) in [6.45, 7) is 5.39. The van der Waals surface area contributed by atoms with Gasteiger partial charge in [-0.1, -0.05) is 0 Å². The van der Waals surface area contributed by atoms with Crippen LogP contribution in [0.1, 0.15) is 31.2 Å². The Kier molecular flexibility index (Phi) is 4.43. The van der Waals surface area contributed by atoms with Crippen molar-refractivity contribution in [1.82, 2.24) is 10.2 Å². The van der Waals surface area contributed by atoms with Gasteiger partial charge in [0.1, 0.15) is 0 Å². The zero-order valence-electron chi connectivity index (χ0n) is 13.6. The number of nitrogens with one attached hydrogen (secondary N) is 1. The smallest absolute Gasteiger partial charge is 0.225 e. The van der Waals surface area contributed by atoms with Crippen LogP contribution in [-0.4, -0.2) is 43.7 Å². The molecule has 2 aliphatic heterocycles. The summed E-state index contributed by atoms with van der Waals surface area (Å²) in [6, 6.07) is 2.20. The molecule has 1 aliphatic carbocycles. The molecule has 1 aromatic heterocycles. The molecule has 1 amide bonds. The maximum absolute atomic E-state index is 12.8. The van der Waals surface area contributed by atoms with Gasteiger partial charge in [-0.05, 0) is 54.0 Å². The highest BCUT2D eigenvalue weighted by Gasteiger charge is 2.50. The van der Waals surface area contributed by atoms with Gasteiger partial charge in [-0.3, -0.25) is 9.69 Å². The van der Waals surface area contributed by atoms with E-state index in [1.807, 2.05) is 0 Å². The van der Waals surface area contributed by atoms with Gasteiger partial charge in [0.05, 0.1) is 5.92 Å². The fourth-order valence-corrected chi connectivity index (χ4v) is 4.83. The van der Waals surface area contributed by atoms with Crippen molar-refractivity contribution in [2.75, 3.05) is 32.8 Å². The summed E-state index contributed by atoms with van der Waals surface area (Å²) in [6.07, 6.45) is 4.62. The SMILES string of the molecule is O=C(NCC1CC1)[C@@H]1CN(Cc2ccsc2)CC12CCOCC2. The van der Waals surface area contributed by atoms with Crippen LogP contribution in [-0.2, 0) is 16.1 Å². The van der Waals surface area contributed by atoms with Crippen molar-refractivity contribution < 1.29 is 9.53 Å². The zero-order valence-corrected chi connectivity index (χ0v) is 14.4. The molecular formula is C18H26N2O2S. The highest BCUT2D eigenvalue weighted by atomic mass is 32.1. The van der Waals surface area contributed by atoms with Gasteiger partial charge in [0, 0.05) is 44.8 Å². The van der Waals surface area contributed by atoms with Gasteiger partial charge >= 0.3 is 0 Å². The normalized spacial score (nSPS) is 27.4. The van der Waals surface area contributed by atoms with Crippen molar-refractivity contribution in [1.29, 1.82) is 0 Å². The Labute approximate surface area is 142 Å². The van der Waals surface area contributed by atoms with Crippen molar-refractivity contribution >= 4 is 17.2 Å². The van der Waals surface area contributed by atoms with Crippen molar-refractivity contribution in [3.63, 3.8) is 0 Å². The summed E-state index contributed by atoms with van der Waals surface area (Å²) < 4.78 is 5.59. The van der Waals surface area contributed by atoms with Gasteiger partial charge in [-0.25, -0.2) is 0 Å². The summed E-state index contributed by atoms with van der Waals surface area (Å²) in [5, 5.41) is 7.59. The molecule has 1 atom stereocenters. The number of thiophene rings is 1. The van der Waals surface area contributed by atoms with Crippen LogP contribution in [0.3, 0.4) is 0 Å². The molecule has 1 saturated carbocycles. The molecular weight excluding hydrogens is 308 g/mol. The van der Waals surface area contributed by atoms with Gasteiger partial charge < -0.3 is 10.1 Å². The van der Waals surface area contributed by atoms with Gasteiger partial charge in [0.25, 0.3) is 0 Å². The number of carbonyl (C=O) groups is 1. The molecule has 3 aliphatic rings. The molecule has 1 spiro atoms. The lowest BCUT2D eigenvalue weighted by Gasteiger charge is -2.37. The molecule has 23 heavy (non-hydrogen) atoms. The third-order valence-corrected chi connectivity index (χ3v) is 6.50. The van der Waals surface area contributed by atoms with Crippen LogP contribution in [0.5, 0.6) is 0 Å². The number of rotatable bonds is 5. The van der Waals surface area contributed by atoms with E-state index in [1.165, 1.54) is 18.4 Å². The third-order valence-electron chi connectivity index (χ3n) is 5.77. The van der Waals surface area contributed by atoms with Gasteiger partial charge in [0.2, 0.25) is 5.91 Å². The highest BCUT2D eigenvalue weighted by Crippen LogP contribution is 2.45. The van der Waals surface area contributed by atoms with Crippen molar-refractivity contribution in [3.05, 3.63) is 22.4 Å². The van der Waals surface area contributed by atoms with E-state index < -0.39 is 0 Å². The predicted octanol–water partition coefficient (Wildman–Crippen LogP) is 2.50. The minimum Gasteiger partial charge on any atom is -0.381 e. The Balaban J connectivity index is 1.45. The Morgan fingerprint density at radius 1 is 1.39 bits per heavy atom. The first-order chi connectivity index (χ1) is 11.3. The maximum Gasteiger partial charge on any atom is 0.225 e. The Bertz CT molecular complexity index is 535.